The van der Waals surface area contributed by atoms with Crippen LogP contribution in [0, 0.1) is 0 Å². The molecule has 0 unspecified atom stereocenters. The van der Waals surface area contributed by atoms with Gasteiger partial charge in [0.05, 0.1) is 0 Å². The summed E-state index contributed by atoms with van der Waals surface area (Å²) in [6.07, 6.45) is 8.43. The second-order valence-corrected chi connectivity index (χ2v) is 5.12. The van der Waals surface area contributed by atoms with Gasteiger partial charge in [0, 0.05) is 16.5 Å². The Labute approximate surface area is 119 Å². The summed E-state index contributed by atoms with van der Waals surface area (Å²) in [6.45, 7) is 2.16. The molecule has 1 aromatic rings. The highest BCUT2D eigenvalue weighted by Crippen LogP contribution is 2.22. The zero-order valence-corrected chi connectivity index (χ0v) is 12.1. The van der Waals surface area contributed by atoms with Gasteiger partial charge in [0.25, 0.3) is 0 Å². The predicted molar refractivity (Wildman–Crippen MR) is 79.3 cm³/mol. The first-order valence-corrected chi connectivity index (χ1v) is 7.05. The van der Waals surface area contributed by atoms with E-state index in [4.69, 9.17) is 23.2 Å². The molecule has 0 saturated heterocycles. The Balaban J connectivity index is 2.45. The largest absolute Gasteiger partial charge is 0.295 e. The molecule has 0 radical (unpaired) electrons. The van der Waals surface area contributed by atoms with E-state index in [0.29, 0.717) is 16.5 Å². The molecule has 0 aliphatic rings. The highest BCUT2D eigenvalue weighted by Gasteiger charge is 2.00. The predicted octanol–water partition coefficient (Wildman–Crippen LogP) is 5.55. The molecule has 0 fully saturated rings. The highest BCUT2D eigenvalue weighted by molar-refractivity contribution is 6.35. The van der Waals surface area contributed by atoms with E-state index < -0.39 is 0 Å². The van der Waals surface area contributed by atoms with Gasteiger partial charge in [-0.25, -0.2) is 0 Å². The van der Waals surface area contributed by atoms with Crippen LogP contribution in [0.25, 0.3) is 6.08 Å². The molecular formula is C15H18Cl2O. The van der Waals surface area contributed by atoms with Crippen molar-refractivity contribution >= 4 is 35.1 Å². The summed E-state index contributed by atoms with van der Waals surface area (Å²) < 4.78 is 0. The summed E-state index contributed by atoms with van der Waals surface area (Å²) in [6, 6.07) is 5.25. The zero-order valence-electron chi connectivity index (χ0n) is 10.6. The van der Waals surface area contributed by atoms with Crippen LogP contribution in [0.5, 0.6) is 0 Å². The third kappa shape index (κ3) is 5.70. The summed E-state index contributed by atoms with van der Waals surface area (Å²) in [7, 11) is 0. The molecule has 18 heavy (non-hydrogen) atoms. The molecule has 3 heteroatoms. The Morgan fingerprint density at radius 2 is 2.00 bits per heavy atom. The maximum Gasteiger partial charge on any atom is 0.155 e. The van der Waals surface area contributed by atoms with Gasteiger partial charge >= 0.3 is 0 Å². The van der Waals surface area contributed by atoms with Crippen LogP contribution in [0.4, 0.5) is 0 Å². The van der Waals surface area contributed by atoms with Gasteiger partial charge in [-0.15, -0.1) is 0 Å². The van der Waals surface area contributed by atoms with Crippen LogP contribution in [0.2, 0.25) is 10.0 Å². The minimum atomic E-state index is 0.150. The van der Waals surface area contributed by atoms with E-state index in [-0.39, 0.29) is 5.78 Å². The number of ketones is 1. The fourth-order valence-electron chi connectivity index (χ4n) is 1.63. The van der Waals surface area contributed by atoms with Crippen molar-refractivity contribution in [3.8, 4) is 0 Å². The molecule has 0 saturated carbocycles. The van der Waals surface area contributed by atoms with Gasteiger partial charge < -0.3 is 0 Å². The number of carbonyl (C=O) groups is 1. The first kappa shape index (κ1) is 15.3. The molecule has 0 amide bonds. The summed E-state index contributed by atoms with van der Waals surface area (Å²) in [4.78, 5) is 11.6. The highest BCUT2D eigenvalue weighted by atomic mass is 35.5. The smallest absolute Gasteiger partial charge is 0.155 e. The normalized spacial score (nSPS) is 11.1. The second kappa shape index (κ2) is 8.34. The average Bonchev–Trinajstić information content (AvgIpc) is 2.33. The van der Waals surface area contributed by atoms with Crippen molar-refractivity contribution in [1.29, 1.82) is 0 Å². The Hall–Kier alpha value is -0.790. The van der Waals surface area contributed by atoms with Gasteiger partial charge in [-0.05, 0) is 36.3 Å². The number of hydrogen-bond donors (Lipinski definition) is 0. The van der Waals surface area contributed by atoms with E-state index in [1.807, 2.05) is 6.07 Å². The van der Waals surface area contributed by atoms with Crippen molar-refractivity contribution in [1.82, 2.24) is 0 Å². The standard InChI is InChI=1S/C15H18Cl2O/c1-2-3-4-5-6-14(18)10-8-12-7-9-13(16)11-15(12)17/h7-11H,2-6H2,1H3/b10-8-. The van der Waals surface area contributed by atoms with Crippen LogP contribution in [0.3, 0.4) is 0 Å². The monoisotopic (exact) mass is 284 g/mol. The number of unbranched alkanes of at least 4 members (excludes halogenated alkanes) is 3. The van der Waals surface area contributed by atoms with Crippen LogP contribution in [-0.2, 0) is 4.79 Å². The molecule has 1 nitrogen and oxygen atoms in total. The van der Waals surface area contributed by atoms with Gasteiger partial charge in [-0.1, -0.05) is 55.5 Å². The molecule has 0 aliphatic carbocycles. The lowest BCUT2D eigenvalue weighted by Crippen LogP contribution is -1.92. The minimum Gasteiger partial charge on any atom is -0.295 e. The molecule has 1 aromatic carbocycles. The second-order valence-electron chi connectivity index (χ2n) is 4.28. The summed E-state index contributed by atoms with van der Waals surface area (Å²) >= 11 is 11.8. The van der Waals surface area contributed by atoms with Gasteiger partial charge in [-0.2, -0.15) is 0 Å². The maximum atomic E-state index is 11.6. The summed E-state index contributed by atoms with van der Waals surface area (Å²) in [5, 5.41) is 1.17. The van der Waals surface area contributed by atoms with Crippen LogP contribution >= 0.6 is 23.2 Å². The lowest BCUT2D eigenvalue weighted by molar-refractivity contribution is -0.114. The number of hydrogen-bond acceptors (Lipinski definition) is 1. The number of rotatable bonds is 7. The molecular weight excluding hydrogens is 267 g/mol. The quantitative estimate of drug-likeness (QED) is 0.474. The Morgan fingerprint density at radius 1 is 1.22 bits per heavy atom. The summed E-state index contributed by atoms with van der Waals surface area (Å²) in [5.41, 5.74) is 0.822. The van der Waals surface area contributed by atoms with E-state index in [1.54, 1.807) is 24.3 Å². The Kier molecular flexibility index (Phi) is 7.07. The van der Waals surface area contributed by atoms with Gasteiger partial charge in [0.2, 0.25) is 0 Å². The third-order valence-corrected chi connectivity index (χ3v) is 3.25. The first-order valence-electron chi connectivity index (χ1n) is 6.29. The van der Waals surface area contributed by atoms with Crippen LogP contribution < -0.4 is 0 Å². The molecule has 0 spiro atoms. The summed E-state index contributed by atoms with van der Waals surface area (Å²) in [5.74, 6) is 0.150. The van der Waals surface area contributed by atoms with Crippen molar-refractivity contribution in [2.45, 2.75) is 39.0 Å². The Morgan fingerprint density at radius 3 is 2.67 bits per heavy atom. The fraction of sp³-hybridized carbons (Fsp3) is 0.400. The first-order chi connectivity index (χ1) is 8.63. The van der Waals surface area contributed by atoms with Crippen molar-refractivity contribution in [2.24, 2.45) is 0 Å². The number of benzene rings is 1. The average molecular weight is 285 g/mol. The zero-order chi connectivity index (χ0) is 13.4. The third-order valence-electron chi connectivity index (χ3n) is 2.69. The lowest BCUT2D eigenvalue weighted by Gasteiger charge is -1.99. The molecule has 0 heterocycles. The molecule has 0 aliphatic heterocycles. The van der Waals surface area contributed by atoms with Crippen LogP contribution in [-0.4, -0.2) is 5.78 Å². The Bertz CT molecular complexity index is 425. The van der Waals surface area contributed by atoms with Gasteiger partial charge in [0.1, 0.15) is 0 Å². The van der Waals surface area contributed by atoms with E-state index in [1.165, 1.54) is 12.8 Å². The maximum absolute atomic E-state index is 11.6. The van der Waals surface area contributed by atoms with E-state index in [9.17, 15) is 4.79 Å². The fourth-order valence-corrected chi connectivity index (χ4v) is 2.10. The van der Waals surface area contributed by atoms with Crippen molar-refractivity contribution < 1.29 is 4.79 Å². The van der Waals surface area contributed by atoms with Gasteiger partial charge in [0.15, 0.2) is 5.78 Å². The number of allylic oxidation sites excluding steroid dienone is 1. The van der Waals surface area contributed by atoms with Crippen molar-refractivity contribution in [2.75, 3.05) is 0 Å². The lowest BCUT2D eigenvalue weighted by atomic mass is 10.1. The topological polar surface area (TPSA) is 17.1 Å². The minimum absolute atomic E-state index is 0.150. The molecule has 98 valence electrons. The number of carbonyl (C=O) groups excluding carboxylic acids is 1. The van der Waals surface area contributed by atoms with E-state index in [2.05, 4.69) is 6.92 Å². The molecule has 0 aromatic heterocycles. The van der Waals surface area contributed by atoms with Crippen molar-refractivity contribution in [3.63, 3.8) is 0 Å². The molecule has 0 atom stereocenters. The van der Waals surface area contributed by atoms with E-state index >= 15 is 0 Å². The SMILES string of the molecule is CCCCCCC(=O)/C=C\c1ccc(Cl)cc1Cl. The van der Waals surface area contributed by atoms with E-state index in [0.717, 1.165) is 18.4 Å². The van der Waals surface area contributed by atoms with Crippen LogP contribution in [0.1, 0.15) is 44.6 Å². The van der Waals surface area contributed by atoms with Crippen LogP contribution in [0.15, 0.2) is 24.3 Å². The molecule has 1 rings (SSSR count). The molecule has 0 N–H and O–H groups in total. The molecule has 0 bridgehead atoms. The number of halogens is 2. The van der Waals surface area contributed by atoms with Crippen molar-refractivity contribution in [3.05, 3.63) is 39.9 Å². The van der Waals surface area contributed by atoms with Gasteiger partial charge in [-0.3, -0.25) is 4.79 Å².